The average Bonchev–Trinajstić information content (AvgIpc) is 2.01. The third kappa shape index (κ3) is 4.43. The van der Waals surface area contributed by atoms with Crippen LogP contribution in [0.5, 0.6) is 0 Å². The van der Waals surface area contributed by atoms with Crippen molar-refractivity contribution in [2.75, 3.05) is 26.7 Å². The maximum atomic E-state index is 5.61. The van der Waals surface area contributed by atoms with Crippen LogP contribution in [0.25, 0.3) is 0 Å². The van der Waals surface area contributed by atoms with Gasteiger partial charge in [0.25, 0.3) is 0 Å². The lowest BCUT2D eigenvalue weighted by molar-refractivity contribution is -0.0240. The number of rotatable bonds is 3. The Morgan fingerprint density at radius 2 is 2.25 bits per heavy atom. The van der Waals surface area contributed by atoms with Gasteiger partial charge in [-0.25, -0.2) is 0 Å². The molecule has 0 amide bonds. The van der Waals surface area contributed by atoms with Gasteiger partial charge in [0.1, 0.15) is 0 Å². The molecule has 1 aliphatic heterocycles. The van der Waals surface area contributed by atoms with Gasteiger partial charge in [-0.1, -0.05) is 19.8 Å². The first kappa shape index (κ1) is 12.4. The number of likely N-dealkylation sites (N-methyl/N-ethyl adjacent to an activating group) is 1. The van der Waals surface area contributed by atoms with E-state index >= 15 is 0 Å². The fraction of sp³-hybridized carbons (Fsp3) is 1.00. The van der Waals surface area contributed by atoms with Crippen LogP contribution in [-0.4, -0.2) is 37.7 Å². The summed E-state index contributed by atoms with van der Waals surface area (Å²) in [5, 5.41) is 0. The molecule has 2 nitrogen and oxygen atoms in total. The summed E-state index contributed by atoms with van der Waals surface area (Å²) in [6, 6.07) is 0. The molecule has 1 saturated heterocycles. The Hall–Kier alpha value is 0.400. The Balaban J connectivity index is 0.00000121. The number of unbranched alkanes of at least 4 members (excludes halogenated alkanes) is 1. The first-order chi connectivity index (χ1) is 5.33. The van der Waals surface area contributed by atoms with E-state index in [1.165, 1.54) is 19.3 Å². The maximum absolute atomic E-state index is 5.61. The molecular formula is C9H20BrNO. The van der Waals surface area contributed by atoms with E-state index < -0.39 is 0 Å². The Bertz CT molecular complexity index is 111. The van der Waals surface area contributed by atoms with Crippen LogP contribution in [0, 0.1) is 0 Å². The highest BCUT2D eigenvalue weighted by atomic mass is 79.9. The van der Waals surface area contributed by atoms with Crippen LogP contribution in [0.15, 0.2) is 0 Å². The molecule has 74 valence electrons. The summed E-state index contributed by atoms with van der Waals surface area (Å²) < 4.78 is 5.61. The lowest BCUT2D eigenvalue weighted by Crippen LogP contribution is -2.39. The molecule has 0 N–H and O–H groups in total. The van der Waals surface area contributed by atoms with Crippen molar-refractivity contribution in [2.24, 2.45) is 0 Å². The largest absolute Gasteiger partial charge is 0.376 e. The van der Waals surface area contributed by atoms with Gasteiger partial charge in [-0.2, -0.15) is 0 Å². The van der Waals surface area contributed by atoms with Gasteiger partial charge in [-0.15, -0.1) is 17.0 Å². The topological polar surface area (TPSA) is 12.5 Å². The van der Waals surface area contributed by atoms with Crippen molar-refractivity contribution in [3.63, 3.8) is 0 Å². The minimum absolute atomic E-state index is 0. The molecule has 1 fully saturated rings. The zero-order valence-corrected chi connectivity index (χ0v) is 9.80. The summed E-state index contributed by atoms with van der Waals surface area (Å²) in [6.45, 7) is 5.38. The van der Waals surface area contributed by atoms with E-state index in [1.807, 2.05) is 0 Å². The van der Waals surface area contributed by atoms with Crippen molar-refractivity contribution in [2.45, 2.75) is 32.3 Å². The van der Waals surface area contributed by atoms with E-state index in [0.717, 1.165) is 19.7 Å². The third-order valence-electron chi connectivity index (χ3n) is 2.22. The Labute approximate surface area is 86.0 Å². The molecule has 1 atom stereocenters. The van der Waals surface area contributed by atoms with Gasteiger partial charge in [-0.05, 0) is 13.5 Å². The lowest BCUT2D eigenvalue weighted by Gasteiger charge is -2.29. The Morgan fingerprint density at radius 1 is 1.50 bits per heavy atom. The molecule has 1 aliphatic rings. The van der Waals surface area contributed by atoms with E-state index in [9.17, 15) is 0 Å². The second-order valence-corrected chi connectivity index (χ2v) is 3.40. The second-order valence-electron chi connectivity index (χ2n) is 3.40. The molecule has 3 heteroatoms. The molecule has 0 radical (unpaired) electrons. The monoisotopic (exact) mass is 237 g/mol. The zero-order chi connectivity index (χ0) is 8.10. The van der Waals surface area contributed by atoms with E-state index in [2.05, 4.69) is 18.9 Å². The molecule has 0 aromatic heterocycles. The minimum Gasteiger partial charge on any atom is -0.376 e. The van der Waals surface area contributed by atoms with Crippen molar-refractivity contribution in [3.8, 4) is 0 Å². The van der Waals surface area contributed by atoms with Gasteiger partial charge >= 0.3 is 0 Å². The molecule has 0 bridgehead atoms. The molecule has 0 aliphatic carbocycles. The number of ether oxygens (including phenoxy) is 1. The van der Waals surface area contributed by atoms with Gasteiger partial charge in [0, 0.05) is 13.1 Å². The smallest absolute Gasteiger partial charge is 0.0702 e. The summed E-state index contributed by atoms with van der Waals surface area (Å²) in [5.41, 5.74) is 0. The normalized spacial score (nSPS) is 25.0. The van der Waals surface area contributed by atoms with Crippen LogP contribution in [-0.2, 0) is 4.74 Å². The Kier molecular flexibility index (Phi) is 7.10. The number of halogens is 1. The van der Waals surface area contributed by atoms with Crippen molar-refractivity contribution in [1.82, 2.24) is 4.90 Å². The maximum Gasteiger partial charge on any atom is 0.0702 e. The van der Waals surface area contributed by atoms with Gasteiger partial charge in [0.05, 0.1) is 12.7 Å². The van der Waals surface area contributed by atoms with E-state index in [-0.39, 0.29) is 17.0 Å². The predicted molar refractivity (Wildman–Crippen MR) is 57.1 cm³/mol. The summed E-state index contributed by atoms with van der Waals surface area (Å²) in [4.78, 5) is 2.35. The average molecular weight is 238 g/mol. The van der Waals surface area contributed by atoms with E-state index in [1.54, 1.807) is 0 Å². The fourth-order valence-electron chi connectivity index (χ4n) is 1.47. The summed E-state index contributed by atoms with van der Waals surface area (Å²) in [6.07, 6.45) is 4.33. The standard InChI is InChI=1S/C9H19NO.BrH/c1-3-4-5-9-8-10(2)6-7-11-9;/h9H,3-8H2,1-2H3;1H. The van der Waals surface area contributed by atoms with E-state index in [4.69, 9.17) is 4.74 Å². The SMILES string of the molecule is Br.CCCCC1CN(C)CCO1. The van der Waals surface area contributed by atoms with Crippen molar-refractivity contribution in [1.29, 1.82) is 0 Å². The van der Waals surface area contributed by atoms with Crippen LogP contribution in [0.1, 0.15) is 26.2 Å². The highest BCUT2D eigenvalue weighted by Gasteiger charge is 2.16. The summed E-state index contributed by atoms with van der Waals surface area (Å²) >= 11 is 0. The fourth-order valence-corrected chi connectivity index (χ4v) is 1.47. The first-order valence-electron chi connectivity index (χ1n) is 4.63. The molecule has 0 saturated carbocycles. The van der Waals surface area contributed by atoms with Crippen molar-refractivity contribution in [3.05, 3.63) is 0 Å². The van der Waals surface area contributed by atoms with Crippen LogP contribution < -0.4 is 0 Å². The predicted octanol–water partition coefficient (Wildman–Crippen LogP) is 2.09. The van der Waals surface area contributed by atoms with Gasteiger partial charge in [-0.3, -0.25) is 0 Å². The highest BCUT2D eigenvalue weighted by molar-refractivity contribution is 8.93. The molecule has 0 spiro atoms. The summed E-state index contributed by atoms with van der Waals surface area (Å²) in [5.74, 6) is 0. The summed E-state index contributed by atoms with van der Waals surface area (Å²) in [7, 11) is 2.17. The molecule has 1 heterocycles. The highest BCUT2D eigenvalue weighted by Crippen LogP contribution is 2.09. The third-order valence-corrected chi connectivity index (χ3v) is 2.22. The van der Waals surface area contributed by atoms with Crippen molar-refractivity contribution >= 4 is 17.0 Å². The van der Waals surface area contributed by atoms with Crippen LogP contribution >= 0.6 is 17.0 Å². The van der Waals surface area contributed by atoms with E-state index in [0.29, 0.717) is 6.10 Å². The van der Waals surface area contributed by atoms with Crippen LogP contribution in [0.3, 0.4) is 0 Å². The van der Waals surface area contributed by atoms with Gasteiger partial charge in [0.2, 0.25) is 0 Å². The number of nitrogens with zero attached hydrogens (tertiary/aromatic N) is 1. The van der Waals surface area contributed by atoms with Crippen LogP contribution in [0.4, 0.5) is 0 Å². The minimum atomic E-state index is 0. The molecular weight excluding hydrogens is 218 g/mol. The lowest BCUT2D eigenvalue weighted by atomic mass is 10.1. The Morgan fingerprint density at radius 3 is 2.83 bits per heavy atom. The second kappa shape index (κ2) is 6.87. The van der Waals surface area contributed by atoms with Crippen LogP contribution in [0.2, 0.25) is 0 Å². The molecule has 1 unspecified atom stereocenters. The number of hydrogen-bond acceptors (Lipinski definition) is 2. The first-order valence-corrected chi connectivity index (χ1v) is 4.63. The number of hydrogen-bond donors (Lipinski definition) is 0. The van der Waals surface area contributed by atoms with Crippen molar-refractivity contribution < 1.29 is 4.74 Å². The number of morpholine rings is 1. The molecule has 12 heavy (non-hydrogen) atoms. The quantitative estimate of drug-likeness (QED) is 0.746. The molecule has 0 aromatic carbocycles. The molecule has 0 aromatic rings. The molecule has 1 rings (SSSR count). The van der Waals surface area contributed by atoms with Gasteiger partial charge < -0.3 is 9.64 Å². The van der Waals surface area contributed by atoms with Gasteiger partial charge in [0.15, 0.2) is 0 Å². The zero-order valence-electron chi connectivity index (χ0n) is 8.08.